The molecule has 1 aliphatic rings. The SMILES string of the molecule is NCCC1CCN(C(=O)c2cccc(C(N)=O)c2)CC1. The van der Waals surface area contributed by atoms with Crippen LogP contribution in [0.15, 0.2) is 24.3 Å². The van der Waals surface area contributed by atoms with Crippen LogP contribution < -0.4 is 11.5 Å². The highest BCUT2D eigenvalue weighted by molar-refractivity contribution is 5.99. The van der Waals surface area contributed by atoms with E-state index in [1.54, 1.807) is 24.3 Å². The van der Waals surface area contributed by atoms with E-state index >= 15 is 0 Å². The van der Waals surface area contributed by atoms with Gasteiger partial charge in [-0.2, -0.15) is 0 Å². The van der Waals surface area contributed by atoms with Crippen molar-refractivity contribution in [1.29, 1.82) is 0 Å². The molecule has 5 heteroatoms. The Kier molecular flexibility index (Phi) is 4.74. The number of hydrogen-bond donors (Lipinski definition) is 2. The van der Waals surface area contributed by atoms with Crippen LogP contribution in [0.3, 0.4) is 0 Å². The van der Waals surface area contributed by atoms with Crippen molar-refractivity contribution in [3.63, 3.8) is 0 Å². The molecule has 2 amide bonds. The second-order valence-electron chi connectivity index (χ2n) is 5.26. The van der Waals surface area contributed by atoms with Gasteiger partial charge >= 0.3 is 0 Å². The topological polar surface area (TPSA) is 89.4 Å². The van der Waals surface area contributed by atoms with Crippen molar-refractivity contribution in [2.45, 2.75) is 19.3 Å². The van der Waals surface area contributed by atoms with Gasteiger partial charge in [0.25, 0.3) is 5.91 Å². The summed E-state index contributed by atoms with van der Waals surface area (Å²) in [7, 11) is 0. The first-order chi connectivity index (χ1) is 9.61. The van der Waals surface area contributed by atoms with Gasteiger partial charge in [0.1, 0.15) is 0 Å². The second-order valence-corrected chi connectivity index (χ2v) is 5.26. The Bertz CT molecular complexity index is 494. The van der Waals surface area contributed by atoms with E-state index in [0.29, 0.717) is 23.6 Å². The third kappa shape index (κ3) is 3.36. The van der Waals surface area contributed by atoms with Gasteiger partial charge in [-0.15, -0.1) is 0 Å². The van der Waals surface area contributed by atoms with Crippen molar-refractivity contribution < 1.29 is 9.59 Å². The van der Waals surface area contributed by atoms with Crippen molar-refractivity contribution in [3.8, 4) is 0 Å². The summed E-state index contributed by atoms with van der Waals surface area (Å²) in [6.45, 7) is 2.22. The molecule has 0 bridgehead atoms. The Morgan fingerprint density at radius 3 is 2.45 bits per heavy atom. The van der Waals surface area contributed by atoms with E-state index in [1.165, 1.54) is 0 Å². The van der Waals surface area contributed by atoms with Crippen LogP contribution in [0.4, 0.5) is 0 Å². The van der Waals surface area contributed by atoms with Crippen LogP contribution in [0.25, 0.3) is 0 Å². The van der Waals surface area contributed by atoms with Gasteiger partial charge in [-0.1, -0.05) is 6.07 Å². The van der Waals surface area contributed by atoms with E-state index in [9.17, 15) is 9.59 Å². The fourth-order valence-corrected chi connectivity index (χ4v) is 2.65. The largest absolute Gasteiger partial charge is 0.366 e. The van der Waals surface area contributed by atoms with E-state index in [4.69, 9.17) is 11.5 Å². The number of carbonyl (C=O) groups excluding carboxylic acids is 2. The van der Waals surface area contributed by atoms with Crippen LogP contribution in [-0.4, -0.2) is 36.3 Å². The number of primary amides is 1. The van der Waals surface area contributed by atoms with Gasteiger partial charge in [0.15, 0.2) is 0 Å². The summed E-state index contributed by atoms with van der Waals surface area (Å²) in [5, 5.41) is 0. The lowest BCUT2D eigenvalue weighted by Gasteiger charge is -2.32. The number of nitrogens with zero attached hydrogens (tertiary/aromatic N) is 1. The number of rotatable bonds is 4. The first-order valence-electron chi connectivity index (χ1n) is 7.01. The molecule has 20 heavy (non-hydrogen) atoms. The van der Waals surface area contributed by atoms with Crippen molar-refractivity contribution in [3.05, 3.63) is 35.4 Å². The fraction of sp³-hybridized carbons (Fsp3) is 0.467. The maximum Gasteiger partial charge on any atom is 0.253 e. The van der Waals surface area contributed by atoms with Gasteiger partial charge in [-0.25, -0.2) is 0 Å². The predicted molar refractivity (Wildman–Crippen MR) is 77.3 cm³/mol. The van der Waals surface area contributed by atoms with Gasteiger partial charge in [-0.3, -0.25) is 9.59 Å². The molecular formula is C15H21N3O2. The summed E-state index contributed by atoms with van der Waals surface area (Å²) in [5.41, 5.74) is 11.7. The zero-order valence-corrected chi connectivity index (χ0v) is 11.5. The monoisotopic (exact) mass is 275 g/mol. The van der Waals surface area contributed by atoms with Gasteiger partial charge in [0.05, 0.1) is 0 Å². The number of piperidine rings is 1. The minimum absolute atomic E-state index is 0.0284. The molecule has 0 saturated carbocycles. The zero-order chi connectivity index (χ0) is 14.5. The van der Waals surface area contributed by atoms with E-state index < -0.39 is 5.91 Å². The molecule has 1 heterocycles. The standard InChI is InChI=1S/C15H21N3O2/c16-7-4-11-5-8-18(9-6-11)15(20)13-3-1-2-12(10-13)14(17)19/h1-3,10-11H,4-9,16H2,(H2,17,19). The van der Waals surface area contributed by atoms with Crippen molar-refractivity contribution >= 4 is 11.8 Å². The minimum atomic E-state index is -0.513. The highest BCUT2D eigenvalue weighted by atomic mass is 16.2. The average Bonchev–Trinajstić information content (AvgIpc) is 2.48. The first-order valence-corrected chi connectivity index (χ1v) is 7.01. The number of amides is 2. The summed E-state index contributed by atoms with van der Waals surface area (Å²) in [6, 6.07) is 6.60. The number of nitrogens with two attached hydrogens (primary N) is 2. The van der Waals surface area contributed by atoms with Crippen LogP contribution >= 0.6 is 0 Å². The van der Waals surface area contributed by atoms with E-state index in [1.807, 2.05) is 4.90 Å². The van der Waals surface area contributed by atoms with E-state index in [2.05, 4.69) is 0 Å². The maximum absolute atomic E-state index is 12.4. The first kappa shape index (κ1) is 14.5. The highest BCUT2D eigenvalue weighted by Gasteiger charge is 2.23. The summed E-state index contributed by atoms with van der Waals surface area (Å²) in [6.07, 6.45) is 3.02. The molecule has 5 nitrogen and oxygen atoms in total. The quantitative estimate of drug-likeness (QED) is 0.858. The Labute approximate surface area is 118 Å². The molecule has 0 aliphatic carbocycles. The lowest BCUT2D eigenvalue weighted by Crippen LogP contribution is -2.38. The van der Waals surface area contributed by atoms with Crippen LogP contribution in [-0.2, 0) is 0 Å². The molecular weight excluding hydrogens is 254 g/mol. The Morgan fingerprint density at radius 1 is 1.20 bits per heavy atom. The molecule has 1 aliphatic heterocycles. The average molecular weight is 275 g/mol. The predicted octanol–water partition coefficient (Wildman–Crippen LogP) is 0.987. The summed E-state index contributed by atoms with van der Waals surface area (Å²) < 4.78 is 0. The normalized spacial score (nSPS) is 16.1. The molecule has 0 aromatic heterocycles. The molecule has 0 radical (unpaired) electrons. The van der Waals surface area contributed by atoms with E-state index in [-0.39, 0.29) is 5.91 Å². The number of carbonyl (C=O) groups is 2. The van der Waals surface area contributed by atoms with Gasteiger partial charge in [0.2, 0.25) is 5.91 Å². The Balaban J connectivity index is 2.02. The Hall–Kier alpha value is -1.88. The molecule has 1 saturated heterocycles. The highest BCUT2D eigenvalue weighted by Crippen LogP contribution is 2.21. The molecule has 0 unspecified atom stereocenters. The third-order valence-corrected chi connectivity index (χ3v) is 3.87. The Morgan fingerprint density at radius 2 is 1.85 bits per heavy atom. The van der Waals surface area contributed by atoms with Crippen LogP contribution in [0.5, 0.6) is 0 Å². The number of benzene rings is 1. The molecule has 1 aromatic rings. The number of likely N-dealkylation sites (tertiary alicyclic amines) is 1. The zero-order valence-electron chi connectivity index (χ0n) is 11.5. The van der Waals surface area contributed by atoms with Crippen molar-refractivity contribution in [2.24, 2.45) is 17.4 Å². The lowest BCUT2D eigenvalue weighted by molar-refractivity contribution is 0.0688. The van der Waals surface area contributed by atoms with Gasteiger partial charge in [-0.05, 0) is 49.9 Å². The minimum Gasteiger partial charge on any atom is -0.366 e. The molecule has 0 atom stereocenters. The van der Waals surface area contributed by atoms with Crippen molar-refractivity contribution in [1.82, 2.24) is 4.90 Å². The smallest absolute Gasteiger partial charge is 0.253 e. The van der Waals surface area contributed by atoms with E-state index in [0.717, 1.165) is 32.4 Å². The lowest BCUT2D eigenvalue weighted by atomic mass is 9.93. The molecule has 108 valence electrons. The van der Waals surface area contributed by atoms with Crippen LogP contribution in [0.1, 0.15) is 40.0 Å². The van der Waals surface area contributed by atoms with Gasteiger partial charge < -0.3 is 16.4 Å². The maximum atomic E-state index is 12.4. The summed E-state index contributed by atoms with van der Waals surface area (Å²) in [5.74, 6) is 0.0848. The molecule has 4 N–H and O–H groups in total. The molecule has 0 spiro atoms. The summed E-state index contributed by atoms with van der Waals surface area (Å²) >= 11 is 0. The third-order valence-electron chi connectivity index (χ3n) is 3.87. The fourth-order valence-electron chi connectivity index (χ4n) is 2.65. The van der Waals surface area contributed by atoms with Crippen LogP contribution in [0, 0.1) is 5.92 Å². The second kappa shape index (κ2) is 6.52. The van der Waals surface area contributed by atoms with Crippen LogP contribution in [0.2, 0.25) is 0 Å². The molecule has 2 rings (SSSR count). The molecule has 1 aromatic carbocycles. The number of hydrogen-bond acceptors (Lipinski definition) is 3. The van der Waals surface area contributed by atoms with Crippen molar-refractivity contribution in [2.75, 3.05) is 19.6 Å². The summed E-state index contributed by atoms with van der Waals surface area (Å²) in [4.78, 5) is 25.4. The van der Waals surface area contributed by atoms with Gasteiger partial charge in [0, 0.05) is 24.2 Å². The molecule has 1 fully saturated rings.